The molecule has 156 valence electrons. The number of ether oxygens (including phenoxy) is 1. The summed E-state index contributed by atoms with van der Waals surface area (Å²) in [4.78, 5) is 42.2. The molecule has 3 rings (SSSR count). The minimum absolute atomic E-state index is 0.0311. The molecule has 1 aromatic heterocycles. The molecule has 2 heterocycles. The van der Waals surface area contributed by atoms with Crippen molar-refractivity contribution < 1.29 is 9.53 Å². The number of carbonyl (C=O) groups excluding carboxylic acids is 1. The van der Waals surface area contributed by atoms with Crippen LogP contribution in [0.15, 0.2) is 39.9 Å². The molecule has 3 N–H and O–H groups in total. The highest BCUT2D eigenvalue weighted by Gasteiger charge is 2.31. The number of amides is 1. The molecule has 1 amide bonds. The van der Waals surface area contributed by atoms with Crippen molar-refractivity contribution in [3.63, 3.8) is 0 Å². The number of carbonyl (C=O) groups is 1. The second-order valence-corrected chi connectivity index (χ2v) is 7.29. The van der Waals surface area contributed by atoms with Gasteiger partial charge in [-0.05, 0) is 24.8 Å². The molecule has 1 aliphatic rings. The fourth-order valence-corrected chi connectivity index (χ4v) is 3.57. The van der Waals surface area contributed by atoms with Crippen LogP contribution in [0.5, 0.6) is 0 Å². The SMILES string of the molecule is CCCCn1c(N)c(N(Cc2ccccc2)C(=O)C2CCOCC2)c(=O)[nH]c1=O. The molecule has 0 unspecified atom stereocenters. The molecule has 8 nitrogen and oxygen atoms in total. The summed E-state index contributed by atoms with van der Waals surface area (Å²) >= 11 is 0. The second-order valence-electron chi connectivity index (χ2n) is 7.29. The molecule has 0 atom stereocenters. The van der Waals surface area contributed by atoms with Crippen molar-refractivity contribution in [3.8, 4) is 0 Å². The maximum atomic E-state index is 13.4. The lowest BCUT2D eigenvalue weighted by Gasteiger charge is -2.30. The number of nitrogens with two attached hydrogens (primary N) is 1. The fourth-order valence-electron chi connectivity index (χ4n) is 3.57. The van der Waals surface area contributed by atoms with Crippen LogP contribution in [0.25, 0.3) is 0 Å². The number of aromatic nitrogens is 2. The minimum atomic E-state index is -0.642. The van der Waals surface area contributed by atoms with E-state index in [-0.39, 0.29) is 29.9 Å². The topological polar surface area (TPSA) is 110 Å². The molecule has 29 heavy (non-hydrogen) atoms. The van der Waals surface area contributed by atoms with Gasteiger partial charge in [0, 0.05) is 25.7 Å². The van der Waals surface area contributed by atoms with Crippen molar-refractivity contribution in [3.05, 3.63) is 56.7 Å². The number of nitrogens with one attached hydrogen (secondary N) is 1. The summed E-state index contributed by atoms with van der Waals surface area (Å²) in [5.41, 5.74) is 5.99. The third-order valence-electron chi connectivity index (χ3n) is 5.24. The lowest BCUT2D eigenvalue weighted by molar-refractivity contribution is -0.125. The molecule has 8 heteroatoms. The van der Waals surface area contributed by atoms with Gasteiger partial charge < -0.3 is 10.5 Å². The quantitative estimate of drug-likeness (QED) is 0.737. The molecule has 2 aromatic rings. The van der Waals surface area contributed by atoms with Crippen LogP contribution in [0.3, 0.4) is 0 Å². The van der Waals surface area contributed by atoms with E-state index < -0.39 is 11.2 Å². The van der Waals surface area contributed by atoms with Crippen molar-refractivity contribution in [2.75, 3.05) is 23.8 Å². The van der Waals surface area contributed by atoms with Crippen molar-refractivity contribution >= 4 is 17.4 Å². The van der Waals surface area contributed by atoms with E-state index in [1.54, 1.807) is 0 Å². The average molecular weight is 400 g/mol. The minimum Gasteiger partial charge on any atom is -0.383 e. The largest absolute Gasteiger partial charge is 0.383 e. The van der Waals surface area contributed by atoms with E-state index in [0.29, 0.717) is 32.6 Å². The number of unbranched alkanes of at least 4 members (excludes halogenated alkanes) is 1. The van der Waals surface area contributed by atoms with Gasteiger partial charge in [-0.3, -0.25) is 24.0 Å². The molecule has 1 aliphatic heterocycles. The van der Waals surface area contributed by atoms with E-state index in [2.05, 4.69) is 4.98 Å². The lowest BCUT2D eigenvalue weighted by Crippen LogP contribution is -2.44. The average Bonchev–Trinajstić information content (AvgIpc) is 2.73. The Labute approximate surface area is 169 Å². The number of H-pyrrole nitrogens is 1. The Morgan fingerprint density at radius 3 is 2.59 bits per heavy atom. The van der Waals surface area contributed by atoms with Gasteiger partial charge in [-0.15, -0.1) is 0 Å². The van der Waals surface area contributed by atoms with Gasteiger partial charge in [0.2, 0.25) is 5.91 Å². The first-order valence-corrected chi connectivity index (χ1v) is 10.1. The summed E-state index contributed by atoms with van der Waals surface area (Å²) in [6, 6.07) is 9.42. The van der Waals surface area contributed by atoms with Crippen LogP contribution >= 0.6 is 0 Å². The fraction of sp³-hybridized carbons (Fsp3) is 0.476. The molecular weight excluding hydrogens is 372 g/mol. The highest BCUT2D eigenvalue weighted by Crippen LogP contribution is 2.25. The predicted octanol–water partition coefficient (Wildman–Crippen LogP) is 1.88. The molecule has 0 aliphatic carbocycles. The summed E-state index contributed by atoms with van der Waals surface area (Å²) in [5, 5.41) is 0. The van der Waals surface area contributed by atoms with Gasteiger partial charge in [-0.25, -0.2) is 4.79 Å². The van der Waals surface area contributed by atoms with Crippen LogP contribution in [0.2, 0.25) is 0 Å². The molecule has 0 saturated carbocycles. The Hall–Kier alpha value is -2.87. The van der Waals surface area contributed by atoms with Gasteiger partial charge in [-0.2, -0.15) is 0 Å². The summed E-state index contributed by atoms with van der Waals surface area (Å²) < 4.78 is 6.71. The maximum Gasteiger partial charge on any atom is 0.330 e. The highest BCUT2D eigenvalue weighted by atomic mass is 16.5. The second kappa shape index (κ2) is 9.56. The van der Waals surface area contributed by atoms with E-state index in [1.807, 2.05) is 37.3 Å². The van der Waals surface area contributed by atoms with Gasteiger partial charge in [0.05, 0.1) is 6.54 Å². The Kier molecular flexibility index (Phi) is 6.87. The van der Waals surface area contributed by atoms with Crippen molar-refractivity contribution in [1.29, 1.82) is 0 Å². The van der Waals surface area contributed by atoms with Crippen LogP contribution in [0, 0.1) is 5.92 Å². The summed E-state index contributed by atoms with van der Waals surface area (Å²) in [7, 11) is 0. The number of nitrogen functional groups attached to an aromatic ring is 1. The maximum absolute atomic E-state index is 13.4. The first-order valence-electron chi connectivity index (χ1n) is 10.1. The number of benzene rings is 1. The van der Waals surface area contributed by atoms with Gasteiger partial charge in [0.25, 0.3) is 5.56 Å². The number of aromatic amines is 1. The van der Waals surface area contributed by atoms with Crippen molar-refractivity contribution in [2.45, 2.75) is 45.7 Å². The lowest BCUT2D eigenvalue weighted by atomic mass is 9.98. The molecular formula is C21H28N4O4. The molecule has 1 saturated heterocycles. The predicted molar refractivity (Wildman–Crippen MR) is 112 cm³/mol. The van der Waals surface area contributed by atoms with E-state index in [9.17, 15) is 14.4 Å². The third kappa shape index (κ3) is 4.76. The Bertz CT molecular complexity index is 945. The van der Waals surface area contributed by atoms with Crippen molar-refractivity contribution in [1.82, 2.24) is 9.55 Å². The van der Waals surface area contributed by atoms with Crippen LogP contribution in [-0.2, 0) is 22.6 Å². The summed E-state index contributed by atoms with van der Waals surface area (Å²) in [6.45, 7) is 3.62. The first-order chi connectivity index (χ1) is 14.0. The smallest absolute Gasteiger partial charge is 0.330 e. The molecule has 1 aromatic carbocycles. The Morgan fingerprint density at radius 1 is 1.24 bits per heavy atom. The number of rotatable bonds is 7. The third-order valence-corrected chi connectivity index (χ3v) is 5.24. The molecule has 0 radical (unpaired) electrons. The number of hydrogen-bond donors (Lipinski definition) is 2. The van der Waals surface area contributed by atoms with Gasteiger partial charge >= 0.3 is 5.69 Å². The van der Waals surface area contributed by atoms with Crippen molar-refractivity contribution in [2.24, 2.45) is 5.92 Å². The van der Waals surface area contributed by atoms with E-state index in [1.165, 1.54) is 9.47 Å². The van der Waals surface area contributed by atoms with E-state index in [0.717, 1.165) is 18.4 Å². The highest BCUT2D eigenvalue weighted by molar-refractivity contribution is 5.97. The van der Waals surface area contributed by atoms with Crippen LogP contribution < -0.4 is 21.9 Å². The zero-order valence-corrected chi connectivity index (χ0v) is 16.7. The normalized spacial score (nSPS) is 14.7. The van der Waals surface area contributed by atoms with Crippen LogP contribution in [0.1, 0.15) is 38.2 Å². The van der Waals surface area contributed by atoms with Crippen LogP contribution in [0.4, 0.5) is 11.5 Å². The summed E-state index contributed by atoms with van der Waals surface area (Å²) in [5.74, 6) is -0.388. The zero-order valence-electron chi connectivity index (χ0n) is 16.7. The van der Waals surface area contributed by atoms with Crippen LogP contribution in [-0.4, -0.2) is 28.7 Å². The summed E-state index contributed by atoms with van der Waals surface area (Å²) in [6.07, 6.45) is 2.80. The zero-order chi connectivity index (χ0) is 20.8. The molecule has 0 spiro atoms. The van der Waals surface area contributed by atoms with Gasteiger partial charge in [0.1, 0.15) is 5.82 Å². The van der Waals surface area contributed by atoms with E-state index >= 15 is 0 Å². The standard InChI is InChI=1S/C21H28N4O4/c1-2-3-11-24-18(22)17(19(26)23-21(24)28)25(14-15-7-5-4-6-8-15)20(27)16-9-12-29-13-10-16/h4-8,16H,2-3,9-14,22H2,1H3,(H,23,26,28). The Morgan fingerprint density at radius 2 is 1.93 bits per heavy atom. The number of anilines is 2. The van der Waals surface area contributed by atoms with E-state index in [4.69, 9.17) is 10.5 Å². The van der Waals surface area contributed by atoms with Gasteiger partial charge in [0.15, 0.2) is 5.69 Å². The number of hydrogen-bond acceptors (Lipinski definition) is 5. The number of nitrogens with zero attached hydrogens (tertiary/aromatic N) is 2. The molecule has 0 bridgehead atoms. The first kappa shape index (κ1) is 20.9. The monoisotopic (exact) mass is 400 g/mol. The van der Waals surface area contributed by atoms with Gasteiger partial charge in [-0.1, -0.05) is 43.7 Å². The molecule has 1 fully saturated rings. The Balaban J connectivity index is 2.06.